The fourth-order valence-electron chi connectivity index (χ4n) is 0.853. The van der Waals surface area contributed by atoms with Gasteiger partial charge in [-0.05, 0) is 13.3 Å². The average molecular weight is 254 g/mol. The molecule has 0 aromatic heterocycles. The second-order valence-electron chi connectivity index (χ2n) is 3.31. The minimum Gasteiger partial charge on any atom is -0.378 e. The van der Waals surface area contributed by atoms with E-state index < -0.39 is 16.9 Å². The van der Waals surface area contributed by atoms with E-state index in [9.17, 15) is 0 Å². The normalized spacial score (nSPS) is 13.4. The van der Waals surface area contributed by atoms with Gasteiger partial charge in [0.15, 0.2) is 0 Å². The highest BCUT2D eigenvalue weighted by molar-refractivity contribution is 4.87. The third-order valence-corrected chi connectivity index (χ3v) is 1.60. The summed E-state index contributed by atoms with van der Waals surface area (Å²) >= 11 is 0. The third-order valence-electron chi connectivity index (χ3n) is 1.60. The van der Waals surface area contributed by atoms with Crippen molar-refractivity contribution in [3.05, 3.63) is 12.2 Å². The zero-order chi connectivity index (χ0) is 13.3. The van der Waals surface area contributed by atoms with E-state index in [1.165, 1.54) is 0 Å². The quantitative estimate of drug-likeness (QED) is 0.249. The molecule has 1 atom stereocenters. The van der Waals surface area contributed by atoms with Crippen LogP contribution in [0.2, 0.25) is 0 Å². The molecule has 0 aliphatic rings. The van der Waals surface area contributed by atoms with Crippen LogP contribution in [0.5, 0.6) is 0 Å². The van der Waals surface area contributed by atoms with E-state index in [0.717, 1.165) is 5.57 Å². The van der Waals surface area contributed by atoms with Gasteiger partial charge in [0, 0.05) is 0 Å². The molecule has 0 aliphatic carbocycles. The largest absolute Gasteiger partial charge is 0.378 e. The van der Waals surface area contributed by atoms with Crippen LogP contribution in [0.25, 0.3) is 0 Å². The molecule has 0 aliphatic heterocycles. The Hall–Kier alpha value is -0.620. The highest BCUT2D eigenvalue weighted by Crippen LogP contribution is 2.00. The molecule has 0 fully saturated rings. The molecule has 102 valence electrons. The Bertz CT molecular complexity index is 212. The Balaban J connectivity index is 3.80. The second kappa shape index (κ2) is 9.41. The fourth-order valence-corrected chi connectivity index (χ4v) is 0.853. The van der Waals surface area contributed by atoms with Gasteiger partial charge in [-0.3, -0.25) is 20.8 Å². The Labute approximate surface area is 98.4 Å². The maximum absolute atomic E-state index is 8.44. The molecule has 0 saturated heterocycles. The lowest BCUT2D eigenvalue weighted by molar-refractivity contribution is -0.528. The standard InChI is InChI=1S/C8H18N2O7/c1-7(2)3-4-15-5-8(17-10(13)14)6-16-9(11)12/h8,11-14H,1,3-6H2,2H3/t8-/m0/s1. The minimum absolute atomic E-state index is 0.0290. The van der Waals surface area contributed by atoms with Crippen molar-refractivity contribution >= 4 is 0 Å². The first-order valence-electron chi connectivity index (χ1n) is 4.79. The molecule has 0 aromatic rings. The van der Waals surface area contributed by atoms with E-state index in [2.05, 4.69) is 16.3 Å². The first-order valence-corrected chi connectivity index (χ1v) is 4.79. The average Bonchev–Trinajstić information content (AvgIpc) is 2.19. The SMILES string of the molecule is C=C(C)CCOC[C@@H](CON(O)O)ON(O)O. The summed E-state index contributed by atoms with van der Waals surface area (Å²) in [6, 6.07) is 0. The molecular weight excluding hydrogens is 236 g/mol. The predicted molar refractivity (Wildman–Crippen MR) is 51.9 cm³/mol. The molecule has 0 unspecified atom stereocenters. The summed E-state index contributed by atoms with van der Waals surface area (Å²) in [7, 11) is 0. The zero-order valence-corrected chi connectivity index (χ0v) is 9.52. The van der Waals surface area contributed by atoms with Crippen molar-refractivity contribution in [2.45, 2.75) is 19.4 Å². The molecule has 0 saturated carbocycles. The van der Waals surface area contributed by atoms with Crippen molar-refractivity contribution in [3.8, 4) is 0 Å². The van der Waals surface area contributed by atoms with Gasteiger partial charge in [0.1, 0.15) is 12.7 Å². The second-order valence-corrected chi connectivity index (χ2v) is 3.31. The van der Waals surface area contributed by atoms with Crippen molar-refractivity contribution in [1.82, 2.24) is 10.8 Å². The molecule has 9 heteroatoms. The van der Waals surface area contributed by atoms with Crippen molar-refractivity contribution < 1.29 is 35.2 Å². The smallest absolute Gasteiger partial charge is 0.133 e. The Kier molecular flexibility index (Phi) is 9.07. The van der Waals surface area contributed by atoms with Crippen molar-refractivity contribution in [2.24, 2.45) is 0 Å². The molecule has 9 nitrogen and oxygen atoms in total. The third kappa shape index (κ3) is 11.6. The Morgan fingerprint density at radius 3 is 2.29 bits per heavy atom. The molecular formula is C8H18N2O7. The maximum atomic E-state index is 8.44. The molecule has 0 spiro atoms. The van der Waals surface area contributed by atoms with Crippen LogP contribution in [-0.4, -0.2) is 57.5 Å². The van der Waals surface area contributed by atoms with Gasteiger partial charge in [0.2, 0.25) is 0 Å². The van der Waals surface area contributed by atoms with E-state index in [1.54, 1.807) is 0 Å². The Morgan fingerprint density at radius 2 is 1.82 bits per heavy atom. The molecule has 17 heavy (non-hydrogen) atoms. The summed E-state index contributed by atoms with van der Waals surface area (Å²) < 4.78 is 5.14. The van der Waals surface area contributed by atoms with Crippen molar-refractivity contribution in [2.75, 3.05) is 19.8 Å². The summed E-state index contributed by atoms with van der Waals surface area (Å²) in [5, 5.41) is 32.5. The van der Waals surface area contributed by atoms with E-state index in [1.807, 2.05) is 6.92 Å². The van der Waals surface area contributed by atoms with Gasteiger partial charge < -0.3 is 4.74 Å². The van der Waals surface area contributed by atoms with Crippen LogP contribution in [0.1, 0.15) is 13.3 Å². The molecule has 0 amide bonds. The van der Waals surface area contributed by atoms with Crippen molar-refractivity contribution in [3.63, 3.8) is 0 Å². The van der Waals surface area contributed by atoms with Gasteiger partial charge in [-0.1, -0.05) is 5.57 Å². The van der Waals surface area contributed by atoms with E-state index in [0.29, 0.717) is 13.0 Å². The van der Waals surface area contributed by atoms with E-state index in [4.69, 9.17) is 25.6 Å². The first kappa shape index (κ1) is 16.4. The highest BCUT2D eigenvalue weighted by Gasteiger charge is 2.15. The number of hydrogen-bond acceptors (Lipinski definition) is 9. The monoisotopic (exact) mass is 254 g/mol. The van der Waals surface area contributed by atoms with Crippen LogP contribution in [0, 0.1) is 0 Å². The summed E-state index contributed by atoms with van der Waals surface area (Å²) in [6.45, 7) is 5.53. The summed E-state index contributed by atoms with van der Waals surface area (Å²) in [4.78, 5) is 8.69. The van der Waals surface area contributed by atoms with Crippen LogP contribution in [0.4, 0.5) is 0 Å². The molecule has 0 heterocycles. The molecule has 0 radical (unpaired) electrons. The van der Waals surface area contributed by atoms with Crippen LogP contribution in [0.3, 0.4) is 0 Å². The van der Waals surface area contributed by atoms with Crippen molar-refractivity contribution in [1.29, 1.82) is 0 Å². The molecule has 0 aromatic carbocycles. The molecule has 4 N–H and O–H groups in total. The lowest BCUT2D eigenvalue weighted by atomic mass is 10.3. The van der Waals surface area contributed by atoms with Gasteiger partial charge in [0.05, 0.1) is 24.0 Å². The van der Waals surface area contributed by atoms with Gasteiger partial charge in [-0.15, -0.1) is 6.58 Å². The van der Waals surface area contributed by atoms with E-state index in [-0.39, 0.29) is 13.2 Å². The molecule has 0 rings (SSSR count). The number of hydrogen-bond donors (Lipinski definition) is 4. The lowest BCUT2D eigenvalue weighted by Crippen LogP contribution is -2.34. The summed E-state index contributed by atoms with van der Waals surface area (Å²) in [5.74, 6) is 0. The van der Waals surface area contributed by atoms with Crippen LogP contribution in [-0.2, 0) is 14.4 Å². The van der Waals surface area contributed by atoms with E-state index >= 15 is 0 Å². The van der Waals surface area contributed by atoms with Gasteiger partial charge in [0.25, 0.3) is 0 Å². The molecule has 0 bridgehead atoms. The number of ether oxygens (including phenoxy) is 1. The number of rotatable bonds is 10. The predicted octanol–water partition coefficient (Wildman–Crippen LogP) is 0.362. The van der Waals surface area contributed by atoms with Crippen LogP contribution in [0.15, 0.2) is 12.2 Å². The van der Waals surface area contributed by atoms with Gasteiger partial charge >= 0.3 is 0 Å². The Morgan fingerprint density at radius 1 is 1.18 bits per heavy atom. The van der Waals surface area contributed by atoms with Crippen LogP contribution >= 0.6 is 0 Å². The summed E-state index contributed by atoms with van der Waals surface area (Å²) in [6.07, 6.45) is -0.265. The topological polar surface area (TPSA) is 115 Å². The maximum Gasteiger partial charge on any atom is 0.133 e. The van der Waals surface area contributed by atoms with Crippen LogP contribution < -0.4 is 0 Å². The number of nitrogens with zero attached hydrogens (tertiary/aromatic N) is 2. The minimum atomic E-state index is -0.920. The lowest BCUT2D eigenvalue weighted by Gasteiger charge is -2.19. The summed E-state index contributed by atoms with van der Waals surface area (Å²) in [5.41, 5.74) is 0.946. The zero-order valence-electron chi connectivity index (χ0n) is 9.52. The van der Waals surface area contributed by atoms with Gasteiger partial charge in [-0.25, -0.2) is 9.68 Å². The first-order chi connectivity index (χ1) is 7.91. The van der Waals surface area contributed by atoms with Gasteiger partial charge in [-0.2, -0.15) is 0 Å². The fraction of sp³-hybridized carbons (Fsp3) is 0.750. The highest BCUT2D eigenvalue weighted by atomic mass is 17.1.